The van der Waals surface area contributed by atoms with Crippen LogP contribution in [0.3, 0.4) is 0 Å². The Balaban J connectivity index is 1.52. The van der Waals surface area contributed by atoms with Crippen LogP contribution in [0.2, 0.25) is 0 Å². The molecule has 0 saturated carbocycles. The molecule has 0 bridgehead atoms. The Hall–Kier alpha value is -2.77. The van der Waals surface area contributed by atoms with Crippen LogP contribution in [0.1, 0.15) is 39.5 Å². The molecule has 1 aliphatic rings. The largest absolute Gasteiger partial charge is 0.352 e. The maximum atomic E-state index is 12.6. The predicted octanol–water partition coefficient (Wildman–Crippen LogP) is 4.76. The Morgan fingerprint density at radius 1 is 1.17 bits per heavy atom. The van der Waals surface area contributed by atoms with Crippen molar-refractivity contribution < 1.29 is 4.79 Å². The summed E-state index contributed by atoms with van der Waals surface area (Å²) in [6.45, 7) is 4.63. The number of hydrogen-bond donors (Lipinski definition) is 2. The van der Waals surface area contributed by atoms with Gasteiger partial charge >= 0.3 is 0 Å². The van der Waals surface area contributed by atoms with Crippen molar-refractivity contribution in [1.82, 2.24) is 15.2 Å². The fourth-order valence-electron chi connectivity index (χ4n) is 3.72. The number of pyridine rings is 1. The molecule has 1 aromatic carbocycles. The van der Waals surface area contributed by atoms with Gasteiger partial charge in [0.2, 0.25) is 5.91 Å². The minimum atomic E-state index is -0.0452. The van der Waals surface area contributed by atoms with Crippen LogP contribution in [-0.4, -0.2) is 27.4 Å². The van der Waals surface area contributed by atoms with Gasteiger partial charge < -0.3 is 15.5 Å². The SMILES string of the molecule is Cc1ccc([C@@H]2[C@@H](c3ccccn3)NC(=S)N2CCC(=O)Nc2ccccc2C)s1. The summed E-state index contributed by atoms with van der Waals surface area (Å²) in [6, 6.07) is 18.0. The van der Waals surface area contributed by atoms with Crippen molar-refractivity contribution in [2.45, 2.75) is 32.4 Å². The van der Waals surface area contributed by atoms with Gasteiger partial charge in [-0.1, -0.05) is 24.3 Å². The molecule has 0 spiro atoms. The van der Waals surface area contributed by atoms with E-state index in [1.165, 1.54) is 9.75 Å². The topological polar surface area (TPSA) is 57.3 Å². The fourth-order valence-corrected chi connectivity index (χ4v) is 5.08. The van der Waals surface area contributed by atoms with Gasteiger partial charge in [-0.25, -0.2) is 0 Å². The average Bonchev–Trinajstić information content (AvgIpc) is 3.31. The number of hydrogen-bond acceptors (Lipinski definition) is 4. The molecule has 154 valence electrons. The number of nitrogens with zero attached hydrogens (tertiary/aromatic N) is 2. The molecule has 1 saturated heterocycles. The van der Waals surface area contributed by atoms with Gasteiger partial charge in [-0.2, -0.15) is 0 Å². The maximum absolute atomic E-state index is 12.6. The zero-order chi connectivity index (χ0) is 21.1. The van der Waals surface area contributed by atoms with Gasteiger partial charge in [-0.15, -0.1) is 11.3 Å². The average molecular weight is 437 g/mol. The molecule has 0 unspecified atom stereocenters. The number of carbonyl (C=O) groups is 1. The van der Waals surface area contributed by atoms with Gasteiger partial charge in [0.15, 0.2) is 5.11 Å². The van der Waals surface area contributed by atoms with Crippen molar-refractivity contribution in [3.05, 3.63) is 81.8 Å². The van der Waals surface area contributed by atoms with Crippen LogP contribution in [0.25, 0.3) is 0 Å². The second-order valence-corrected chi connectivity index (χ2v) is 9.09. The Labute approximate surface area is 186 Å². The zero-order valence-electron chi connectivity index (χ0n) is 17.0. The molecule has 3 heterocycles. The Bertz CT molecular complexity index is 1050. The lowest BCUT2D eigenvalue weighted by Crippen LogP contribution is -2.32. The minimum Gasteiger partial charge on any atom is -0.352 e. The molecule has 30 heavy (non-hydrogen) atoms. The van der Waals surface area contributed by atoms with Gasteiger partial charge in [0, 0.05) is 34.6 Å². The number of thiophene rings is 1. The van der Waals surface area contributed by atoms with Crippen molar-refractivity contribution in [3.8, 4) is 0 Å². The lowest BCUT2D eigenvalue weighted by Gasteiger charge is -2.26. The van der Waals surface area contributed by atoms with E-state index in [-0.39, 0.29) is 18.0 Å². The number of carbonyl (C=O) groups excluding carboxylic acids is 1. The molecule has 5 nitrogen and oxygen atoms in total. The number of nitrogens with one attached hydrogen (secondary N) is 2. The summed E-state index contributed by atoms with van der Waals surface area (Å²) in [6.07, 6.45) is 2.15. The number of para-hydroxylation sites is 1. The molecule has 7 heteroatoms. The summed E-state index contributed by atoms with van der Waals surface area (Å²) in [7, 11) is 0. The van der Waals surface area contributed by atoms with Crippen LogP contribution in [0.5, 0.6) is 0 Å². The van der Waals surface area contributed by atoms with Crippen LogP contribution >= 0.6 is 23.6 Å². The molecular weight excluding hydrogens is 412 g/mol. The third-order valence-corrected chi connectivity index (χ3v) is 6.67. The molecular formula is C23H24N4OS2. The molecule has 2 atom stereocenters. The first kappa shape index (κ1) is 20.5. The van der Waals surface area contributed by atoms with Crippen molar-refractivity contribution >= 4 is 40.3 Å². The van der Waals surface area contributed by atoms with Crippen molar-refractivity contribution in [3.63, 3.8) is 0 Å². The summed E-state index contributed by atoms with van der Waals surface area (Å²) in [5.74, 6) is -0.0190. The summed E-state index contributed by atoms with van der Waals surface area (Å²) in [5, 5.41) is 7.10. The van der Waals surface area contributed by atoms with Crippen LogP contribution in [0.15, 0.2) is 60.8 Å². The van der Waals surface area contributed by atoms with E-state index in [1.54, 1.807) is 17.5 Å². The van der Waals surface area contributed by atoms with E-state index in [1.807, 2.05) is 49.4 Å². The van der Waals surface area contributed by atoms with Crippen LogP contribution < -0.4 is 10.6 Å². The van der Waals surface area contributed by atoms with Gasteiger partial charge in [0.05, 0.1) is 17.8 Å². The van der Waals surface area contributed by atoms with Crippen molar-refractivity contribution in [1.29, 1.82) is 0 Å². The number of rotatable bonds is 6. The number of amides is 1. The Morgan fingerprint density at radius 2 is 1.97 bits per heavy atom. The normalized spacial score (nSPS) is 18.3. The highest BCUT2D eigenvalue weighted by molar-refractivity contribution is 7.80. The van der Waals surface area contributed by atoms with Crippen molar-refractivity contribution in [2.24, 2.45) is 0 Å². The fraction of sp³-hybridized carbons (Fsp3) is 0.261. The molecule has 1 amide bonds. The number of anilines is 1. The highest BCUT2D eigenvalue weighted by Gasteiger charge is 2.40. The molecule has 1 fully saturated rings. The number of thiocarbonyl (C=S) groups is 1. The van der Waals surface area contributed by atoms with E-state index in [0.29, 0.717) is 18.1 Å². The highest BCUT2D eigenvalue weighted by Crippen LogP contribution is 2.41. The molecule has 1 aliphatic heterocycles. The minimum absolute atomic E-state index is 0.0114. The van der Waals surface area contributed by atoms with Crippen LogP contribution in [0, 0.1) is 13.8 Å². The van der Waals surface area contributed by atoms with E-state index in [2.05, 4.69) is 39.6 Å². The molecule has 3 aromatic rings. The lowest BCUT2D eigenvalue weighted by molar-refractivity contribution is -0.116. The van der Waals surface area contributed by atoms with Gasteiger partial charge in [-0.05, 0) is 62.0 Å². The summed E-state index contributed by atoms with van der Waals surface area (Å²) >= 11 is 7.42. The van der Waals surface area contributed by atoms with Gasteiger partial charge in [0.1, 0.15) is 0 Å². The van der Waals surface area contributed by atoms with E-state index in [4.69, 9.17) is 12.2 Å². The summed E-state index contributed by atoms with van der Waals surface area (Å²) < 4.78 is 0. The van der Waals surface area contributed by atoms with E-state index in [9.17, 15) is 4.79 Å². The first-order valence-electron chi connectivity index (χ1n) is 9.93. The van der Waals surface area contributed by atoms with E-state index < -0.39 is 0 Å². The molecule has 4 rings (SSSR count). The van der Waals surface area contributed by atoms with E-state index in [0.717, 1.165) is 16.9 Å². The highest BCUT2D eigenvalue weighted by atomic mass is 32.1. The smallest absolute Gasteiger partial charge is 0.226 e. The first-order valence-corrected chi connectivity index (χ1v) is 11.2. The predicted molar refractivity (Wildman–Crippen MR) is 126 cm³/mol. The zero-order valence-corrected chi connectivity index (χ0v) is 18.6. The number of benzene rings is 1. The second-order valence-electron chi connectivity index (χ2n) is 7.38. The monoisotopic (exact) mass is 436 g/mol. The van der Waals surface area contributed by atoms with Crippen LogP contribution in [0.4, 0.5) is 5.69 Å². The standard InChI is InChI=1S/C23H24N4OS2/c1-15-7-3-4-8-17(15)25-20(28)12-14-27-22(19-11-10-16(2)30-19)21(26-23(27)29)18-9-5-6-13-24-18/h3-11,13,21-22H,12,14H2,1-2H3,(H,25,28)(H,26,29)/t21-,22-/m1/s1. The quantitative estimate of drug-likeness (QED) is 0.546. The molecule has 2 N–H and O–H groups in total. The molecule has 0 aliphatic carbocycles. The van der Waals surface area contributed by atoms with Gasteiger partial charge in [0.25, 0.3) is 0 Å². The molecule has 0 radical (unpaired) electrons. The molecule has 2 aromatic heterocycles. The van der Waals surface area contributed by atoms with Crippen LogP contribution in [-0.2, 0) is 4.79 Å². The third kappa shape index (κ3) is 4.37. The number of aryl methyl sites for hydroxylation is 2. The van der Waals surface area contributed by atoms with Gasteiger partial charge in [-0.3, -0.25) is 9.78 Å². The number of aromatic nitrogens is 1. The Kier molecular flexibility index (Phi) is 6.11. The summed E-state index contributed by atoms with van der Waals surface area (Å²) in [5.41, 5.74) is 2.84. The second kappa shape index (κ2) is 8.93. The Morgan fingerprint density at radius 3 is 2.67 bits per heavy atom. The lowest BCUT2D eigenvalue weighted by atomic mass is 10.0. The first-order chi connectivity index (χ1) is 14.5. The maximum Gasteiger partial charge on any atom is 0.226 e. The summed E-state index contributed by atoms with van der Waals surface area (Å²) in [4.78, 5) is 21.8. The van der Waals surface area contributed by atoms with E-state index >= 15 is 0 Å². The van der Waals surface area contributed by atoms with Crippen molar-refractivity contribution in [2.75, 3.05) is 11.9 Å². The third-order valence-electron chi connectivity index (χ3n) is 5.25.